The van der Waals surface area contributed by atoms with E-state index in [0.717, 1.165) is 54.6 Å². The SMILES string of the molecule is C[C@@H]1[C@@H](NCCNC[C@@H]2CCC3C[C@@H]2C3(C)C)C[C@@H]2C[C@H]1C2(C)C. The molecule has 1 unspecified atom stereocenters. The molecule has 0 aromatic carbocycles. The van der Waals surface area contributed by atoms with E-state index in [2.05, 4.69) is 45.3 Å². The molecule has 2 heteroatoms. The number of nitrogens with one attached hydrogen (secondary N) is 2. The van der Waals surface area contributed by atoms with E-state index >= 15 is 0 Å². The van der Waals surface area contributed by atoms with Crippen molar-refractivity contribution in [2.75, 3.05) is 19.6 Å². The Morgan fingerprint density at radius 2 is 1.54 bits per heavy atom. The monoisotopic (exact) mass is 332 g/mol. The van der Waals surface area contributed by atoms with Gasteiger partial charge in [-0.25, -0.2) is 0 Å². The molecule has 6 rings (SSSR count). The van der Waals surface area contributed by atoms with Gasteiger partial charge >= 0.3 is 0 Å². The second-order valence-corrected chi connectivity index (χ2v) is 10.9. The molecule has 2 N–H and O–H groups in total. The topological polar surface area (TPSA) is 24.1 Å². The minimum Gasteiger partial charge on any atom is -0.315 e. The molecule has 7 atom stereocenters. The van der Waals surface area contributed by atoms with E-state index in [0.29, 0.717) is 10.8 Å². The van der Waals surface area contributed by atoms with Gasteiger partial charge < -0.3 is 10.6 Å². The number of rotatable bonds is 6. The summed E-state index contributed by atoms with van der Waals surface area (Å²) in [6, 6.07) is 0.768. The van der Waals surface area contributed by atoms with Gasteiger partial charge in [-0.2, -0.15) is 0 Å². The molecule has 6 aliphatic carbocycles. The van der Waals surface area contributed by atoms with E-state index in [1.807, 2.05) is 0 Å². The molecule has 0 radical (unpaired) electrons. The normalized spacial score (nSPS) is 47.6. The van der Waals surface area contributed by atoms with E-state index in [1.54, 1.807) is 0 Å². The average Bonchev–Trinajstić information content (AvgIpc) is 2.55. The van der Waals surface area contributed by atoms with Crippen molar-refractivity contribution in [2.45, 2.75) is 72.8 Å². The summed E-state index contributed by atoms with van der Waals surface area (Å²) < 4.78 is 0. The van der Waals surface area contributed by atoms with E-state index in [9.17, 15) is 0 Å². The average molecular weight is 333 g/mol. The van der Waals surface area contributed by atoms with Crippen molar-refractivity contribution in [1.29, 1.82) is 0 Å². The summed E-state index contributed by atoms with van der Waals surface area (Å²) in [6.45, 7) is 16.1. The third kappa shape index (κ3) is 2.58. The Morgan fingerprint density at radius 1 is 0.833 bits per heavy atom. The smallest absolute Gasteiger partial charge is 0.00989 e. The standard InChI is InChI=1S/C22H40N2/c1-14-18-11-17(22(18,4)5)12-20(14)24-9-8-23-13-15-6-7-16-10-19(15)21(16,2)3/h14-20,23-24H,6-13H2,1-5H3/t14-,15-,16?,17-,18+,19-,20-/m0/s1. The van der Waals surface area contributed by atoms with Crippen molar-refractivity contribution in [1.82, 2.24) is 10.6 Å². The van der Waals surface area contributed by atoms with E-state index in [4.69, 9.17) is 0 Å². The first-order valence-corrected chi connectivity index (χ1v) is 10.8. The van der Waals surface area contributed by atoms with Crippen molar-refractivity contribution in [3.05, 3.63) is 0 Å². The molecule has 0 aromatic rings. The first kappa shape index (κ1) is 17.3. The Morgan fingerprint density at radius 3 is 2.17 bits per heavy atom. The van der Waals surface area contributed by atoms with Crippen molar-refractivity contribution in [3.63, 3.8) is 0 Å². The number of fused-ring (bicyclic) bond motifs is 4. The number of hydrogen-bond acceptors (Lipinski definition) is 2. The molecule has 4 bridgehead atoms. The summed E-state index contributed by atoms with van der Waals surface area (Å²) in [4.78, 5) is 0. The lowest BCUT2D eigenvalue weighted by molar-refractivity contribution is -0.115. The number of hydrogen-bond donors (Lipinski definition) is 2. The van der Waals surface area contributed by atoms with Gasteiger partial charge in [0.15, 0.2) is 0 Å². The van der Waals surface area contributed by atoms with Gasteiger partial charge in [0, 0.05) is 19.1 Å². The third-order valence-corrected chi connectivity index (χ3v) is 9.47. The second kappa shape index (κ2) is 5.98. The van der Waals surface area contributed by atoms with Crippen LogP contribution in [0.2, 0.25) is 0 Å². The highest BCUT2D eigenvalue weighted by Crippen LogP contribution is 2.62. The lowest BCUT2D eigenvalue weighted by atomic mass is 9.45. The minimum absolute atomic E-state index is 0.615. The highest BCUT2D eigenvalue weighted by atomic mass is 15.0. The van der Waals surface area contributed by atoms with Gasteiger partial charge in [-0.1, -0.05) is 34.6 Å². The van der Waals surface area contributed by atoms with Crippen LogP contribution in [0.25, 0.3) is 0 Å². The summed E-state index contributed by atoms with van der Waals surface area (Å²) in [5.41, 5.74) is 1.25. The Bertz CT molecular complexity index is 467. The van der Waals surface area contributed by atoms with Crippen LogP contribution in [0.3, 0.4) is 0 Å². The molecule has 6 fully saturated rings. The van der Waals surface area contributed by atoms with Crippen LogP contribution in [0.15, 0.2) is 0 Å². The first-order valence-electron chi connectivity index (χ1n) is 10.8. The van der Waals surface area contributed by atoms with Crippen LogP contribution >= 0.6 is 0 Å². The van der Waals surface area contributed by atoms with Crippen LogP contribution in [0.5, 0.6) is 0 Å². The van der Waals surface area contributed by atoms with Crippen molar-refractivity contribution >= 4 is 0 Å². The molecular weight excluding hydrogens is 292 g/mol. The highest BCUT2D eigenvalue weighted by Gasteiger charge is 2.56. The summed E-state index contributed by atoms with van der Waals surface area (Å²) in [5, 5.41) is 7.66. The molecule has 0 aromatic heterocycles. The molecule has 6 saturated carbocycles. The molecular formula is C22H40N2. The predicted octanol–water partition coefficient (Wildman–Crippen LogP) is 4.31. The molecule has 2 nitrogen and oxygen atoms in total. The summed E-state index contributed by atoms with van der Waals surface area (Å²) in [5.74, 6) is 5.74. The minimum atomic E-state index is 0.615. The van der Waals surface area contributed by atoms with Gasteiger partial charge in [-0.3, -0.25) is 0 Å². The quantitative estimate of drug-likeness (QED) is 0.708. The molecule has 24 heavy (non-hydrogen) atoms. The maximum absolute atomic E-state index is 3.88. The fourth-order valence-electron chi connectivity index (χ4n) is 7.26. The summed E-state index contributed by atoms with van der Waals surface area (Å²) >= 11 is 0. The van der Waals surface area contributed by atoms with E-state index in [1.165, 1.54) is 38.6 Å². The van der Waals surface area contributed by atoms with E-state index < -0.39 is 0 Å². The zero-order chi connectivity index (χ0) is 17.1. The van der Waals surface area contributed by atoms with Crippen LogP contribution in [0, 0.1) is 46.3 Å². The van der Waals surface area contributed by atoms with Gasteiger partial charge in [-0.05, 0) is 85.0 Å². The van der Waals surface area contributed by atoms with Crippen molar-refractivity contribution in [2.24, 2.45) is 46.3 Å². The van der Waals surface area contributed by atoms with Gasteiger partial charge in [-0.15, -0.1) is 0 Å². The molecule has 6 aliphatic rings. The Balaban J connectivity index is 1.15. The van der Waals surface area contributed by atoms with Gasteiger partial charge in [0.1, 0.15) is 0 Å². The fraction of sp³-hybridized carbons (Fsp3) is 1.00. The maximum atomic E-state index is 3.88. The lowest BCUT2D eigenvalue weighted by Crippen LogP contribution is -2.60. The molecule has 0 spiro atoms. The van der Waals surface area contributed by atoms with Gasteiger partial charge in [0.25, 0.3) is 0 Å². The zero-order valence-electron chi connectivity index (χ0n) is 16.7. The van der Waals surface area contributed by atoms with Crippen LogP contribution in [-0.4, -0.2) is 25.7 Å². The largest absolute Gasteiger partial charge is 0.315 e. The summed E-state index contributed by atoms with van der Waals surface area (Å²) in [6.07, 6.45) is 7.36. The van der Waals surface area contributed by atoms with Crippen molar-refractivity contribution in [3.8, 4) is 0 Å². The predicted molar refractivity (Wildman–Crippen MR) is 102 cm³/mol. The van der Waals surface area contributed by atoms with Crippen LogP contribution in [-0.2, 0) is 0 Å². The molecule has 0 aliphatic heterocycles. The van der Waals surface area contributed by atoms with Crippen LogP contribution < -0.4 is 10.6 Å². The first-order chi connectivity index (χ1) is 11.3. The van der Waals surface area contributed by atoms with Crippen LogP contribution in [0.4, 0.5) is 0 Å². The maximum Gasteiger partial charge on any atom is 0.00989 e. The third-order valence-electron chi connectivity index (χ3n) is 9.47. The molecule has 138 valence electrons. The Kier molecular flexibility index (Phi) is 4.32. The van der Waals surface area contributed by atoms with Gasteiger partial charge in [0.05, 0.1) is 0 Å². The Labute approximate surface area is 149 Å². The van der Waals surface area contributed by atoms with E-state index in [-0.39, 0.29) is 0 Å². The van der Waals surface area contributed by atoms with Gasteiger partial charge in [0.2, 0.25) is 0 Å². The highest BCUT2D eigenvalue weighted by molar-refractivity contribution is 5.07. The van der Waals surface area contributed by atoms with Crippen molar-refractivity contribution < 1.29 is 0 Å². The lowest BCUT2D eigenvalue weighted by Gasteiger charge is -2.62. The Hall–Kier alpha value is -0.0800. The zero-order valence-corrected chi connectivity index (χ0v) is 16.7. The second-order valence-electron chi connectivity index (χ2n) is 10.9. The fourth-order valence-corrected chi connectivity index (χ4v) is 7.26. The summed E-state index contributed by atoms with van der Waals surface area (Å²) in [7, 11) is 0. The molecule has 0 saturated heterocycles. The molecule has 0 amide bonds. The molecule has 0 heterocycles. The van der Waals surface area contributed by atoms with Crippen LogP contribution in [0.1, 0.15) is 66.7 Å².